The number of carbonyl (C=O) groups is 1. The molecule has 8 heteroatoms. The maximum atomic E-state index is 13.2. The average Bonchev–Trinajstić information content (AvgIpc) is 3.44. The molecule has 8 nitrogen and oxygen atoms in total. The van der Waals surface area contributed by atoms with Gasteiger partial charge in [-0.05, 0) is 42.7 Å². The van der Waals surface area contributed by atoms with Gasteiger partial charge < -0.3 is 24.0 Å². The Bertz CT molecular complexity index is 1190. The molecule has 1 aromatic heterocycles. The molecule has 0 N–H and O–H groups in total. The van der Waals surface area contributed by atoms with Crippen LogP contribution in [0.15, 0.2) is 48.5 Å². The second-order valence-electron chi connectivity index (χ2n) is 8.79. The molecule has 0 saturated carbocycles. The third kappa shape index (κ3) is 5.01. The maximum absolute atomic E-state index is 13.2. The van der Waals surface area contributed by atoms with Gasteiger partial charge in [-0.25, -0.2) is 4.98 Å². The fourth-order valence-corrected chi connectivity index (χ4v) is 4.56. The Kier molecular flexibility index (Phi) is 6.70. The van der Waals surface area contributed by atoms with E-state index in [9.17, 15) is 4.79 Å². The number of anilines is 1. The van der Waals surface area contributed by atoms with Gasteiger partial charge in [0.25, 0.3) is 0 Å². The third-order valence-electron chi connectivity index (χ3n) is 6.54. The van der Waals surface area contributed by atoms with Crippen LogP contribution >= 0.6 is 0 Å². The van der Waals surface area contributed by atoms with Gasteiger partial charge in [0, 0.05) is 26.1 Å². The summed E-state index contributed by atoms with van der Waals surface area (Å²) in [5, 5.41) is 0. The number of para-hydroxylation sites is 2. The second kappa shape index (κ2) is 10.2. The first-order valence-electron chi connectivity index (χ1n) is 12.0. The molecule has 0 radical (unpaired) electrons. The second-order valence-corrected chi connectivity index (χ2v) is 8.79. The molecular formula is C27H30N4O4. The summed E-state index contributed by atoms with van der Waals surface area (Å²) in [6.45, 7) is 2.92. The van der Waals surface area contributed by atoms with Crippen molar-refractivity contribution < 1.29 is 19.0 Å². The van der Waals surface area contributed by atoms with Crippen LogP contribution in [-0.2, 0) is 24.2 Å². The van der Waals surface area contributed by atoms with Crippen molar-refractivity contribution in [3.8, 4) is 23.1 Å². The topological polar surface area (TPSA) is 77.0 Å². The van der Waals surface area contributed by atoms with Crippen molar-refractivity contribution in [2.24, 2.45) is 0 Å². The Labute approximate surface area is 205 Å². The molecule has 0 unspecified atom stereocenters. The van der Waals surface area contributed by atoms with Crippen molar-refractivity contribution in [3.63, 3.8) is 0 Å². The minimum atomic E-state index is 0.0627. The number of carbonyl (C=O) groups excluding carboxylic acids is 1. The summed E-state index contributed by atoms with van der Waals surface area (Å²) in [6, 6.07) is 15.1. The molecule has 182 valence electrons. The lowest BCUT2D eigenvalue weighted by Crippen LogP contribution is -2.38. The standard InChI is InChI=1S/C27H30N4O4/c1-33-20-11-9-19(10-12-20)17-25(32)31-16-13-22-21(18-31)26(29-27(28-22)30-14-5-6-15-30)35-24-8-4-3-7-23(24)34-2/h3-4,7-12H,5-6,13-18H2,1-2H3. The highest BCUT2D eigenvalue weighted by atomic mass is 16.5. The number of amides is 1. The van der Waals surface area contributed by atoms with Crippen molar-refractivity contribution in [2.45, 2.75) is 32.2 Å². The molecule has 0 spiro atoms. The molecule has 5 rings (SSSR count). The molecule has 1 fully saturated rings. The van der Waals surface area contributed by atoms with Crippen molar-refractivity contribution in [1.29, 1.82) is 0 Å². The summed E-state index contributed by atoms with van der Waals surface area (Å²) in [6.07, 6.45) is 3.26. The molecule has 1 amide bonds. The fraction of sp³-hybridized carbons (Fsp3) is 0.370. The summed E-state index contributed by atoms with van der Waals surface area (Å²) < 4.78 is 17.0. The van der Waals surface area contributed by atoms with Crippen molar-refractivity contribution in [2.75, 3.05) is 38.8 Å². The van der Waals surface area contributed by atoms with E-state index in [1.165, 1.54) is 0 Å². The Balaban J connectivity index is 1.42. The molecule has 2 aromatic carbocycles. The zero-order valence-corrected chi connectivity index (χ0v) is 20.2. The summed E-state index contributed by atoms with van der Waals surface area (Å²) in [7, 11) is 3.25. The smallest absolute Gasteiger partial charge is 0.229 e. The molecule has 35 heavy (non-hydrogen) atoms. The number of fused-ring (bicyclic) bond motifs is 1. The van der Waals surface area contributed by atoms with Crippen LogP contribution in [0.25, 0.3) is 0 Å². The Morgan fingerprint density at radius 1 is 0.914 bits per heavy atom. The van der Waals surface area contributed by atoms with Crippen LogP contribution in [0, 0.1) is 0 Å². The summed E-state index contributed by atoms with van der Waals surface area (Å²) in [5.41, 5.74) is 2.75. The monoisotopic (exact) mass is 474 g/mol. The molecular weight excluding hydrogens is 444 g/mol. The normalized spacial score (nSPS) is 15.0. The summed E-state index contributed by atoms with van der Waals surface area (Å²) in [4.78, 5) is 26.9. The van der Waals surface area contributed by atoms with Gasteiger partial charge in [-0.15, -0.1) is 0 Å². The van der Waals surface area contributed by atoms with E-state index in [4.69, 9.17) is 24.2 Å². The highest BCUT2D eigenvalue weighted by molar-refractivity contribution is 5.79. The highest BCUT2D eigenvalue weighted by Crippen LogP contribution is 2.36. The van der Waals surface area contributed by atoms with Gasteiger partial charge in [0.15, 0.2) is 11.5 Å². The number of hydrogen-bond donors (Lipinski definition) is 0. The Morgan fingerprint density at radius 3 is 2.37 bits per heavy atom. The average molecular weight is 475 g/mol. The van der Waals surface area contributed by atoms with Gasteiger partial charge in [-0.3, -0.25) is 4.79 Å². The number of rotatable bonds is 7. The molecule has 3 heterocycles. The maximum Gasteiger partial charge on any atom is 0.229 e. The number of nitrogens with zero attached hydrogens (tertiary/aromatic N) is 4. The molecule has 2 aliphatic rings. The first-order valence-corrected chi connectivity index (χ1v) is 12.0. The van der Waals surface area contributed by atoms with Gasteiger partial charge in [0.1, 0.15) is 5.75 Å². The molecule has 1 saturated heterocycles. The van der Waals surface area contributed by atoms with Crippen LogP contribution in [-0.4, -0.2) is 54.6 Å². The van der Waals surface area contributed by atoms with Crippen LogP contribution in [0.4, 0.5) is 5.95 Å². The van der Waals surface area contributed by atoms with Crippen LogP contribution in [0.2, 0.25) is 0 Å². The number of methoxy groups -OCH3 is 2. The summed E-state index contributed by atoms with van der Waals surface area (Å²) >= 11 is 0. The van der Waals surface area contributed by atoms with Crippen LogP contribution in [0.5, 0.6) is 23.1 Å². The lowest BCUT2D eigenvalue weighted by Gasteiger charge is -2.30. The van der Waals surface area contributed by atoms with E-state index in [1.54, 1.807) is 14.2 Å². The largest absolute Gasteiger partial charge is 0.497 e. The van der Waals surface area contributed by atoms with E-state index in [0.717, 1.165) is 48.5 Å². The Hall–Kier alpha value is -3.81. The zero-order chi connectivity index (χ0) is 24.2. The quantitative estimate of drug-likeness (QED) is 0.512. The number of aromatic nitrogens is 2. The van der Waals surface area contributed by atoms with Gasteiger partial charge in [0.2, 0.25) is 17.7 Å². The molecule has 3 aromatic rings. The first-order chi connectivity index (χ1) is 17.1. The predicted octanol–water partition coefficient (Wildman–Crippen LogP) is 4.01. The lowest BCUT2D eigenvalue weighted by molar-refractivity contribution is -0.131. The summed E-state index contributed by atoms with van der Waals surface area (Å²) in [5.74, 6) is 3.24. The zero-order valence-electron chi connectivity index (χ0n) is 20.2. The van der Waals surface area contributed by atoms with Crippen LogP contribution < -0.4 is 19.1 Å². The van der Waals surface area contributed by atoms with Crippen molar-refractivity contribution in [3.05, 3.63) is 65.4 Å². The van der Waals surface area contributed by atoms with Gasteiger partial charge >= 0.3 is 0 Å². The molecule has 0 atom stereocenters. The van der Waals surface area contributed by atoms with Crippen LogP contribution in [0.1, 0.15) is 29.7 Å². The number of hydrogen-bond acceptors (Lipinski definition) is 7. The fourth-order valence-electron chi connectivity index (χ4n) is 4.56. The van der Waals surface area contributed by atoms with Gasteiger partial charge in [-0.1, -0.05) is 24.3 Å². The number of ether oxygens (including phenoxy) is 3. The van der Waals surface area contributed by atoms with Gasteiger partial charge in [-0.2, -0.15) is 4.98 Å². The van der Waals surface area contributed by atoms with E-state index >= 15 is 0 Å². The van der Waals surface area contributed by atoms with Crippen molar-refractivity contribution >= 4 is 11.9 Å². The first kappa shape index (κ1) is 23.0. The highest BCUT2D eigenvalue weighted by Gasteiger charge is 2.28. The molecule has 0 bridgehead atoms. The molecule has 2 aliphatic heterocycles. The minimum absolute atomic E-state index is 0.0627. The van der Waals surface area contributed by atoms with E-state index < -0.39 is 0 Å². The predicted molar refractivity (Wildman–Crippen MR) is 132 cm³/mol. The van der Waals surface area contributed by atoms with Crippen LogP contribution in [0.3, 0.4) is 0 Å². The van der Waals surface area contributed by atoms with E-state index in [1.807, 2.05) is 53.4 Å². The SMILES string of the molecule is COc1ccc(CC(=O)N2CCc3nc(N4CCCC4)nc(Oc4ccccc4OC)c3C2)cc1. The number of benzene rings is 2. The van der Waals surface area contributed by atoms with E-state index in [0.29, 0.717) is 49.3 Å². The van der Waals surface area contributed by atoms with E-state index in [-0.39, 0.29) is 5.91 Å². The minimum Gasteiger partial charge on any atom is -0.497 e. The van der Waals surface area contributed by atoms with Gasteiger partial charge in [0.05, 0.1) is 38.4 Å². The lowest BCUT2D eigenvalue weighted by atomic mass is 10.0. The molecule has 0 aliphatic carbocycles. The third-order valence-corrected chi connectivity index (χ3v) is 6.54. The van der Waals surface area contributed by atoms with Crippen molar-refractivity contribution in [1.82, 2.24) is 14.9 Å². The van der Waals surface area contributed by atoms with E-state index in [2.05, 4.69) is 4.90 Å². The Morgan fingerprint density at radius 2 is 1.66 bits per heavy atom.